The van der Waals surface area contributed by atoms with E-state index in [1.54, 1.807) is 6.92 Å². The third kappa shape index (κ3) is 4.75. The molecule has 1 N–H and O–H groups in total. The van der Waals surface area contributed by atoms with Crippen LogP contribution in [0.5, 0.6) is 0 Å². The quantitative estimate of drug-likeness (QED) is 0.227. The van der Waals surface area contributed by atoms with Gasteiger partial charge in [0.15, 0.2) is 0 Å². The Bertz CT molecular complexity index is 311. The molecule has 0 aliphatic rings. The van der Waals surface area contributed by atoms with Crippen LogP contribution < -0.4 is 4.90 Å². The first-order valence-corrected chi connectivity index (χ1v) is 4.79. The fourth-order valence-electron chi connectivity index (χ4n) is 1.15. The van der Waals surface area contributed by atoms with Gasteiger partial charge in [-0.25, -0.2) is 9.59 Å². The van der Waals surface area contributed by atoms with Crippen molar-refractivity contribution in [1.82, 2.24) is 0 Å². The van der Waals surface area contributed by atoms with Crippen LogP contribution in [0.3, 0.4) is 0 Å². The zero-order valence-corrected chi connectivity index (χ0v) is 10.3. The van der Waals surface area contributed by atoms with Crippen molar-refractivity contribution in [3.63, 3.8) is 0 Å². The summed E-state index contributed by atoms with van der Waals surface area (Å²) in [7, 11) is 6.28. The van der Waals surface area contributed by atoms with E-state index in [1.807, 2.05) is 20.3 Å². The van der Waals surface area contributed by atoms with Gasteiger partial charge < -0.3 is 14.4 Å². The first-order valence-electron chi connectivity index (χ1n) is 4.79. The van der Waals surface area contributed by atoms with Crippen LogP contribution in [0, 0.1) is 0 Å². The van der Waals surface area contributed by atoms with E-state index < -0.39 is 11.9 Å². The van der Waals surface area contributed by atoms with Crippen LogP contribution in [0.1, 0.15) is 6.92 Å². The summed E-state index contributed by atoms with van der Waals surface area (Å²) in [6.07, 6.45) is 3.30. The molecule has 0 amide bonds. The molecule has 0 radical (unpaired) electrons. The first-order chi connectivity index (χ1) is 7.42. The maximum absolute atomic E-state index is 11.3. The standard InChI is InChI=1S/C11H17NO4/c1-8(7-12(2)3)6-9(10(13)15-4)11(14)16-5/h6-7H,1-5H3/p+1/b8-7-. The number of esters is 2. The van der Waals surface area contributed by atoms with E-state index in [4.69, 9.17) is 0 Å². The number of ether oxygens (including phenoxy) is 2. The normalized spacial score (nSPS) is 11.0. The molecule has 0 aliphatic heterocycles. The van der Waals surface area contributed by atoms with Gasteiger partial charge >= 0.3 is 11.9 Å². The summed E-state index contributed by atoms with van der Waals surface area (Å²) in [6.45, 7) is 1.79. The largest absolute Gasteiger partial charge is 0.465 e. The molecule has 0 aromatic carbocycles. The van der Waals surface area contributed by atoms with Crippen LogP contribution >= 0.6 is 0 Å². The highest BCUT2D eigenvalue weighted by atomic mass is 16.5. The minimum atomic E-state index is -0.701. The summed E-state index contributed by atoms with van der Waals surface area (Å²) in [5.74, 6) is -1.40. The topological polar surface area (TPSA) is 57.0 Å². The predicted octanol–water partition coefficient (Wildman–Crippen LogP) is -0.693. The Morgan fingerprint density at radius 2 is 1.50 bits per heavy atom. The molecule has 16 heavy (non-hydrogen) atoms. The molecule has 5 nitrogen and oxygen atoms in total. The summed E-state index contributed by atoms with van der Waals surface area (Å²) in [6, 6.07) is 0. The summed E-state index contributed by atoms with van der Waals surface area (Å²) >= 11 is 0. The molecule has 0 aromatic rings. The molecular weight excluding hydrogens is 210 g/mol. The number of allylic oxidation sites excluding steroid dienone is 2. The Kier molecular flexibility index (Phi) is 6.10. The van der Waals surface area contributed by atoms with E-state index in [1.165, 1.54) is 20.3 Å². The Labute approximate surface area is 95.3 Å². The third-order valence-electron chi connectivity index (χ3n) is 1.70. The number of carbonyl (C=O) groups excluding carboxylic acids is 2. The molecular formula is C11H18NO4+. The van der Waals surface area contributed by atoms with Gasteiger partial charge in [0, 0.05) is 5.57 Å². The molecule has 0 unspecified atom stereocenters. The van der Waals surface area contributed by atoms with E-state index in [0.717, 1.165) is 10.5 Å². The smallest absolute Gasteiger partial charge is 0.345 e. The van der Waals surface area contributed by atoms with Crippen molar-refractivity contribution in [2.75, 3.05) is 28.3 Å². The van der Waals surface area contributed by atoms with Gasteiger partial charge in [0.1, 0.15) is 5.57 Å². The fraction of sp³-hybridized carbons (Fsp3) is 0.455. The molecule has 0 saturated carbocycles. The average molecular weight is 228 g/mol. The molecule has 0 aliphatic carbocycles. The van der Waals surface area contributed by atoms with E-state index in [0.29, 0.717) is 0 Å². The lowest BCUT2D eigenvalue weighted by atomic mass is 10.2. The van der Waals surface area contributed by atoms with E-state index in [-0.39, 0.29) is 5.57 Å². The van der Waals surface area contributed by atoms with Crippen molar-refractivity contribution in [2.24, 2.45) is 0 Å². The van der Waals surface area contributed by atoms with Crippen molar-refractivity contribution < 1.29 is 24.0 Å². The number of methoxy groups -OCH3 is 2. The van der Waals surface area contributed by atoms with Crippen LogP contribution in [-0.2, 0) is 19.1 Å². The van der Waals surface area contributed by atoms with Gasteiger partial charge in [-0.05, 0) is 13.0 Å². The summed E-state index contributed by atoms with van der Waals surface area (Å²) in [5, 5.41) is 0. The van der Waals surface area contributed by atoms with Gasteiger partial charge in [-0.2, -0.15) is 0 Å². The SMILES string of the molecule is COC(=O)C(=C/C(C)=C\[NH+](C)C)C(=O)OC. The van der Waals surface area contributed by atoms with Crippen LogP contribution in [-0.4, -0.2) is 40.3 Å². The van der Waals surface area contributed by atoms with Crippen molar-refractivity contribution in [2.45, 2.75) is 6.92 Å². The summed E-state index contributed by atoms with van der Waals surface area (Å²) in [4.78, 5) is 23.7. The Hall–Kier alpha value is -1.62. The van der Waals surface area contributed by atoms with Crippen LogP contribution in [0.15, 0.2) is 23.4 Å². The molecule has 0 aromatic heterocycles. The molecule has 0 fully saturated rings. The number of carbonyl (C=O) groups is 2. The number of rotatable bonds is 4. The Morgan fingerprint density at radius 1 is 1.06 bits per heavy atom. The highest BCUT2D eigenvalue weighted by Gasteiger charge is 2.19. The zero-order valence-electron chi connectivity index (χ0n) is 10.3. The molecule has 0 spiro atoms. The zero-order chi connectivity index (χ0) is 12.7. The maximum atomic E-state index is 11.3. The van der Waals surface area contributed by atoms with Crippen molar-refractivity contribution >= 4 is 11.9 Å². The second-order valence-corrected chi connectivity index (χ2v) is 3.51. The van der Waals surface area contributed by atoms with Crippen molar-refractivity contribution in [3.05, 3.63) is 23.4 Å². The van der Waals surface area contributed by atoms with Crippen LogP contribution in [0.25, 0.3) is 0 Å². The monoisotopic (exact) mass is 228 g/mol. The average Bonchev–Trinajstić information content (AvgIpc) is 2.22. The molecule has 0 saturated heterocycles. The maximum Gasteiger partial charge on any atom is 0.345 e. The Balaban J connectivity index is 5.11. The lowest BCUT2D eigenvalue weighted by molar-refractivity contribution is -0.801. The van der Waals surface area contributed by atoms with E-state index in [9.17, 15) is 9.59 Å². The van der Waals surface area contributed by atoms with Gasteiger partial charge in [-0.3, -0.25) is 0 Å². The first kappa shape index (κ1) is 14.4. The van der Waals surface area contributed by atoms with Gasteiger partial charge in [0.05, 0.1) is 34.5 Å². The number of hydrogen-bond acceptors (Lipinski definition) is 4. The second kappa shape index (κ2) is 6.79. The van der Waals surface area contributed by atoms with Gasteiger partial charge in [0.2, 0.25) is 0 Å². The van der Waals surface area contributed by atoms with Crippen LogP contribution in [0.2, 0.25) is 0 Å². The second-order valence-electron chi connectivity index (χ2n) is 3.51. The van der Waals surface area contributed by atoms with Gasteiger partial charge in [-0.1, -0.05) is 0 Å². The molecule has 0 bridgehead atoms. The fourth-order valence-corrected chi connectivity index (χ4v) is 1.15. The lowest BCUT2D eigenvalue weighted by Crippen LogP contribution is -3.00. The Morgan fingerprint density at radius 3 is 1.81 bits per heavy atom. The molecule has 0 rings (SSSR count). The van der Waals surface area contributed by atoms with Crippen molar-refractivity contribution in [3.8, 4) is 0 Å². The van der Waals surface area contributed by atoms with Crippen LogP contribution in [0.4, 0.5) is 0 Å². The lowest BCUT2D eigenvalue weighted by Gasteiger charge is -2.04. The molecule has 0 atom stereocenters. The van der Waals surface area contributed by atoms with Crippen molar-refractivity contribution in [1.29, 1.82) is 0 Å². The summed E-state index contributed by atoms with van der Waals surface area (Å²) < 4.78 is 9.00. The number of nitrogens with one attached hydrogen (secondary N) is 1. The predicted molar refractivity (Wildman–Crippen MR) is 58.7 cm³/mol. The molecule has 90 valence electrons. The molecule has 0 heterocycles. The number of hydrogen-bond donors (Lipinski definition) is 1. The van der Waals surface area contributed by atoms with E-state index >= 15 is 0 Å². The molecule has 5 heteroatoms. The summed E-state index contributed by atoms with van der Waals surface area (Å²) in [5.41, 5.74) is 0.672. The van der Waals surface area contributed by atoms with Gasteiger partial charge in [0.25, 0.3) is 0 Å². The number of quaternary nitrogens is 1. The van der Waals surface area contributed by atoms with Gasteiger partial charge in [-0.15, -0.1) is 0 Å². The third-order valence-corrected chi connectivity index (χ3v) is 1.70. The van der Waals surface area contributed by atoms with E-state index in [2.05, 4.69) is 9.47 Å². The highest BCUT2D eigenvalue weighted by molar-refractivity contribution is 6.14. The minimum absolute atomic E-state index is 0.111. The highest BCUT2D eigenvalue weighted by Crippen LogP contribution is 2.05. The minimum Gasteiger partial charge on any atom is -0.465 e.